The molecule has 1 spiro atoms. The second-order valence-electron chi connectivity index (χ2n) is 18.9. The number of nitrogens with one attached hydrogen (secondary N) is 3. The Labute approximate surface area is 382 Å². The van der Waals surface area contributed by atoms with Crippen LogP contribution in [0.5, 0.6) is 0 Å². The Morgan fingerprint density at radius 1 is 0.924 bits per heavy atom. The number of alkyl carbamates (subject to hydrolysis) is 2. The zero-order valence-corrected chi connectivity index (χ0v) is 36.6. The number of hydrogen-bond acceptors (Lipinski definition) is 9. The molecule has 4 heterocycles. The van der Waals surface area contributed by atoms with Crippen LogP contribution < -0.4 is 10.6 Å². The van der Waals surface area contributed by atoms with E-state index in [0.29, 0.717) is 46.7 Å². The van der Waals surface area contributed by atoms with Crippen molar-refractivity contribution in [3.05, 3.63) is 83.3 Å². The Kier molecular flexibility index (Phi) is 11.3. The lowest BCUT2D eigenvalue weighted by atomic mass is 9.91. The number of piperidine rings is 1. The number of benzene rings is 3. The van der Waals surface area contributed by atoms with Crippen LogP contribution in [-0.4, -0.2) is 94.4 Å². The molecule has 14 nitrogen and oxygen atoms in total. The van der Waals surface area contributed by atoms with Crippen molar-refractivity contribution in [1.82, 2.24) is 30.4 Å². The molecular formula is C50H54F2N8O6. The number of imidazole rings is 1. The number of likely N-dealkylation sites (tertiary alicyclic amines) is 2. The standard InChI is InChI=1S/C49H50F2N8O6.CH4/c1-25(2)41(57-47(63)65-4)45(61)58-24-48(14-15-48)22-40(58)43-53-23-39(55-43)28-7-11-33-32-10-6-27(19-34(32)49(50,51)35(33)20-28)26-8-12-36-30(17-26)21-38(54-36)42-29-5-9-31(18-29)59(42)44(60)37(13-16-52)56-46(62)64-3;/h6-8,10-12,17,19-20,23,25,29,31,37,40-42H,5,9,13-15,18,21-22,24H2,1-4H3,(H,53,55)(H,56,62)(H,57,63);1H4/t29-,31+,37-,40-,41-,42-;/m0./s1. The molecule has 1 aromatic heterocycles. The number of halogens is 2. The van der Waals surface area contributed by atoms with E-state index in [-0.39, 0.29) is 72.2 Å². The number of aliphatic imine (C=N–C) groups is 1. The van der Waals surface area contributed by atoms with Gasteiger partial charge in [-0.3, -0.25) is 14.6 Å². The fraction of sp³-hybridized carbons (Fsp3) is 0.460. The van der Waals surface area contributed by atoms with Gasteiger partial charge in [0, 0.05) is 41.4 Å². The van der Waals surface area contributed by atoms with E-state index in [1.807, 2.05) is 55.1 Å². The molecule has 3 aliphatic carbocycles. The number of amides is 4. The Bertz CT molecular complexity index is 2720. The van der Waals surface area contributed by atoms with Crippen molar-refractivity contribution in [2.45, 2.75) is 109 Å². The molecule has 0 unspecified atom stereocenters. The first-order chi connectivity index (χ1) is 31.2. The van der Waals surface area contributed by atoms with Gasteiger partial charge in [0.05, 0.1) is 56.4 Å². The summed E-state index contributed by atoms with van der Waals surface area (Å²) in [6.07, 6.45) is 5.80. The number of alkyl halides is 2. The molecule has 6 aliphatic rings. The number of aromatic amines is 1. The summed E-state index contributed by atoms with van der Waals surface area (Å²) in [5, 5.41) is 14.7. The highest BCUT2D eigenvalue weighted by molar-refractivity contribution is 6.02. The van der Waals surface area contributed by atoms with E-state index in [1.165, 1.54) is 20.3 Å². The summed E-state index contributed by atoms with van der Waals surface area (Å²) in [6.45, 7) is 4.29. The number of nitrogens with zero attached hydrogens (tertiary/aromatic N) is 5. The normalized spacial score (nSPS) is 23.0. The van der Waals surface area contributed by atoms with Gasteiger partial charge in [-0.2, -0.15) is 14.0 Å². The van der Waals surface area contributed by atoms with Crippen LogP contribution in [0.15, 0.2) is 65.8 Å². The molecule has 16 heteroatoms. The fourth-order valence-electron chi connectivity index (χ4n) is 11.2. The largest absolute Gasteiger partial charge is 0.453 e. The maximum Gasteiger partial charge on any atom is 0.407 e. The van der Waals surface area contributed by atoms with E-state index in [9.17, 15) is 24.4 Å². The van der Waals surface area contributed by atoms with Crippen LogP contribution in [0.3, 0.4) is 0 Å². The Morgan fingerprint density at radius 3 is 2.27 bits per heavy atom. The molecule has 6 atom stereocenters. The van der Waals surface area contributed by atoms with Crippen molar-refractivity contribution in [3.63, 3.8) is 0 Å². The second-order valence-corrected chi connectivity index (χ2v) is 18.9. The molecule has 3 aromatic carbocycles. The number of carbonyl (C=O) groups excluding carboxylic acids is 4. The maximum absolute atomic E-state index is 16.7. The third-order valence-electron chi connectivity index (χ3n) is 14.7. The Morgan fingerprint density at radius 2 is 1.59 bits per heavy atom. The van der Waals surface area contributed by atoms with Crippen molar-refractivity contribution in [2.24, 2.45) is 22.2 Å². The van der Waals surface area contributed by atoms with Gasteiger partial charge in [0.25, 0.3) is 5.92 Å². The van der Waals surface area contributed by atoms with Crippen LogP contribution >= 0.6 is 0 Å². The van der Waals surface area contributed by atoms with Gasteiger partial charge in [-0.25, -0.2) is 14.6 Å². The molecule has 2 saturated carbocycles. The van der Waals surface area contributed by atoms with Gasteiger partial charge in [-0.1, -0.05) is 51.6 Å². The number of nitriles is 1. The predicted molar refractivity (Wildman–Crippen MR) is 242 cm³/mol. The third kappa shape index (κ3) is 7.46. The van der Waals surface area contributed by atoms with Crippen molar-refractivity contribution >= 4 is 35.4 Å². The number of H-pyrrole nitrogens is 1. The number of rotatable bonds is 10. The van der Waals surface area contributed by atoms with E-state index in [4.69, 9.17) is 19.5 Å². The van der Waals surface area contributed by atoms with E-state index in [2.05, 4.69) is 15.6 Å². The quantitative estimate of drug-likeness (QED) is 0.141. The van der Waals surface area contributed by atoms with Gasteiger partial charge in [-0.05, 0) is 108 Å². The first-order valence-electron chi connectivity index (χ1n) is 22.3. The van der Waals surface area contributed by atoms with Crippen LogP contribution in [-0.2, 0) is 31.4 Å². The molecule has 4 fully saturated rings. The molecule has 3 aliphatic heterocycles. The highest BCUT2D eigenvalue weighted by Gasteiger charge is 2.56. The van der Waals surface area contributed by atoms with E-state index >= 15 is 8.78 Å². The number of ether oxygens (including phenoxy) is 2. The van der Waals surface area contributed by atoms with Crippen LogP contribution in [0.2, 0.25) is 0 Å². The fourth-order valence-corrected chi connectivity index (χ4v) is 11.2. The summed E-state index contributed by atoms with van der Waals surface area (Å²) in [4.78, 5) is 68.8. The summed E-state index contributed by atoms with van der Waals surface area (Å²) in [6, 6.07) is 15.6. The number of hydrogen-bond donors (Lipinski definition) is 3. The molecule has 4 aromatic rings. The average Bonchev–Trinajstić information content (AvgIpc) is 3.96. The molecule has 0 radical (unpaired) electrons. The molecule has 2 bridgehead atoms. The molecular weight excluding hydrogens is 847 g/mol. The number of fused-ring (bicyclic) bond motifs is 6. The van der Waals surface area contributed by atoms with Crippen molar-refractivity contribution in [2.75, 3.05) is 20.8 Å². The number of aromatic nitrogens is 2. The summed E-state index contributed by atoms with van der Waals surface area (Å²) >= 11 is 0. The maximum atomic E-state index is 16.7. The van der Waals surface area contributed by atoms with Crippen molar-refractivity contribution in [1.29, 1.82) is 5.26 Å². The molecule has 10 rings (SSSR count). The van der Waals surface area contributed by atoms with Crippen molar-refractivity contribution in [3.8, 4) is 39.6 Å². The first kappa shape index (κ1) is 44.6. The summed E-state index contributed by atoms with van der Waals surface area (Å²) < 4.78 is 42.9. The topological polar surface area (TPSA) is 182 Å². The minimum Gasteiger partial charge on any atom is -0.453 e. The zero-order chi connectivity index (χ0) is 45.5. The minimum absolute atomic E-state index is 0. The molecule has 66 heavy (non-hydrogen) atoms. The number of carbonyl (C=O) groups is 4. The van der Waals surface area contributed by atoms with E-state index < -0.39 is 30.2 Å². The minimum atomic E-state index is -3.29. The number of methoxy groups -OCH3 is 2. The molecule has 4 amide bonds. The van der Waals surface area contributed by atoms with Gasteiger partial charge >= 0.3 is 12.2 Å². The predicted octanol–water partition coefficient (Wildman–Crippen LogP) is 8.58. The van der Waals surface area contributed by atoms with Gasteiger partial charge in [0.2, 0.25) is 11.8 Å². The smallest absolute Gasteiger partial charge is 0.407 e. The Balaban J connectivity index is 0.00000548. The summed E-state index contributed by atoms with van der Waals surface area (Å²) in [5.41, 5.74) is 5.80. The van der Waals surface area contributed by atoms with E-state index in [0.717, 1.165) is 61.1 Å². The summed E-state index contributed by atoms with van der Waals surface area (Å²) in [7, 11) is 2.47. The highest BCUT2D eigenvalue weighted by atomic mass is 19.3. The lowest BCUT2D eigenvalue weighted by Gasteiger charge is -2.37. The molecule has 2 saturated heterocycles. The van der Waals surface area contributed by atoms with Gasteiger partial charge in [0.1, 0.15) is 17.9 Å². The summed E-state index contributed by atoms with van der Waals surface area (Å²) in [5.74, 6) is -3.23. The lowest BCUT2D eigenvalue weighted by Crippen LogP contribution is -2.56. The first-order valence-corrected chi connectivity index (χ1v) is 22.3. The SMILES string of the molecule is C.COC(=O)N[C@@H](CC#N)C(=O)N1[C@@H]2CC[C@@H](C2)[C@H]1C1=Nc2ccc(-c3ccc4c(c3)C(F)(F)c3cc(-c5cnc([C@@H]6CC7(CC7)CN6C(=O)[C@@H](NC(=O)OC)C(C)C)[nH]5)ccc3-4)cc2C1. The Hall–Kier alpha value is -6.63. The average molecular weight is 901 g/mol. The molecule has 344 valence electrons. The van der Waals surface area contributed by atoms with Gasteiger partial charge in [-0.15, -0.1) is 0 Å². The van der Waals surface area contributed by atoms with Crippen molar-refractivity contribution < 1.29 is 37.4 Å². The van der Waals surface area contributed by atoms with Crippen LogP contribution in [0.25, 0.3) is 33.5 Å². The van der Waals surface area contributed by atoms with Gasteiger partial charge < -0.3 is 34.9 Å². The molecule has 3 N–H and O–H groups in total. The lowest BCUT2D eigenvalue weighted by molar-refractivity contribution is -0.136. The van der Waals surface area contributed by atoms with Crippen LogP contribution in [0, 0.1) is 28.6 Å². The monoisotopic (exact) mass is 900 g/mol. The third-order valence-corrected chi connectivity index (χ3v) is 14.7. The zero-order valence-electron chi connectivity index (χ0n) is 36.6. The van der Waals surface area contributed by atoms with Crippen LogP contribution in [0.4, 0.5) is 24.1 Å². The highest BCUT2D eigenvalue weighted by Crippen LogP contribution is 2.59. The van der Waals surface area contributed by atoms with Gasteiger partial charge in [0.15, 0.2) is 0 Å². The second kappa shape index (κ2) is 16.7. The van der Waals surface area contributed by atoms with E-state index in [1.54, 1.807) is 29.3 Å². The van der Waals surface area contributed by atoms with Crippen LogP contribution in [0.1, 0.15) is 94.8 Å².